The standard InChI is InChI=1S/C28H18F4N2O/c29-26-11-4-2-7-20(26)14-19-13-12-18-6-1-3-10-24(18)25(19)15-21(17-33)27(35)34-23-9-5-8-22(16-23)28(30,31)32/h1-13,15-16H,14H2,(H,34,35)/b21-15+. The number of carbonyl (C=O) groups is 1. The SMILES string of the molecule is N#C/C(=C\c1c(Cc2ccccc2F)ccc2ccccc12)C(=O)Nc1cccc(C(F)(F)F)c1. The normalized spacial score (nSPS) is 11.8. The Bertz CT molecular complexity index is 1480. The van der Waals surface area contributed by atoms with E-state index >= 15 is 0 Å². The average Bonchev–Trinajstić information content (AvgIpc) is 2.84. The van der Waals surface area contributed by atoms with E-state index < -0.39 is 17.6 Å². The molecule has 0 heterocycles. The topological polar surface area (TPSA) is 52.9 Å². The largest absolute Gasteiger partial charge is 0.416 e. The van der Waals surface area contributed by atoms with Crippen molar-refractivity contribution in [3.05, 3.63) is 119 Å². The van der Waals surface area contributed by atoms with Gasteiger partial charge in [-0.05, 0) is 57.8 Å². The number of nitrogens with one attached hydrogen (secondary N) is 1. The number of carbonyl (C=O) groups excluding carboxylic acids is 1. The highest BCUT2D eigenvalue weighted by molar-refractivity contribution is 6.11. The van der Waals surface area contributed by atoms with E-state index in [9.17, 15) is 27.6 Å². The van der Waals surface area contributed by atoms with Gasteiger partial charge in [-0.3, -0.25) is 4.79 Å². The first-order valence-corrected chi connectivity index (χ1v) is 10.6. The fraction of sp³-hybridized carbons (Fsp3) is 0.0714. The molecular formula is C28H18F4N2O. The second-order valence-corrected chi connectivity index (χ2v) is 7.83. The first kappa shape index (κ1) is 23.7. The summed E-state index contributed by atoms with van der Waals surface area (Å²) in [5, 5.41) is 13.7. The van der Waals surface area contributed by atoms with Crippen LogP contribution in [0, 0.1) is 17.1 Å². The summed E-state index contributed by atoms with van der Waals surface area (Å²) >= 11 is 0. The molecule has 4 aromatic rings. The van der Waals surface area contributed by atoms with E-state index in [2.05, 4.69) is 5.32 Å². The van der Waals surface area contributed by atoms with Crippen molar-refractivity contribution in [2.75, 3.05) is 5.32 Å². The molecule has 0 fully saturated rings. The summed E-state index contributed by atoms with van der Waals surface area (Å²) in [6, 6.07) is 23.4. The molecule has 0 saturated carbocycles. The van der Waals surface area contributed by atoms with Crippen molar-refractivity contribution < 1.29 is 22.4 Å². The minimum absolute atomic E-state index is 0.0875. The maximum Gasteiger partial charge on any atom is 0.416 e. The zero-order valence-corrected chi connectivity index (χ0v) is 18.2. The van der Waals surface area contributed by atoms with Gasteiger partial charge in [0.2, 0.25) is 0 Å². The van der Waals surface area contributed by atoms with Crippen molar-refractivity contribution >= 4 is 28.4 Å². The van der Waals surface area contributed by atoms with Crippen molar-refractivity contribution in [3.63, 3.8) is 0 Å². The maximum atomic E-state index is 14.3. The van der Waals surface area contributed by atoms with Crippen LogP contribution >= 0.6 is 0 Å². The lowest BCUT2D eigenvalue weighted by molar-refractivity contribution is -0.137. The van der Waals surface area contributed by atoms with Crippen molar-refractivity contribution in [1.29, 1.82) is 5.26 Å². The minimum atomic E-state index is -4.57. The van der Waals surface area contributed by atoms with Gasteiger partial charge in [0, 0.05) is 12.1 Å². The molecular weight excluding hydrogens is 456 g/mol. The number of halogens is 4. The molecule has 0 aromatic heterocycles. The number of benzene rings is 4. The molecule has 174 valence electrons. The van der Waals surface area contributed by atoms with Gasteiger partial charge in [0.05, 0.1) is 5.56 Å². The molecule has 0 aliphatic rings. The van der Waals surface area contributed by atoms with Crippen molar-refractivity contribution in [3.8, 4) is 6.07 Å². The van der Waals surface area contributed by atoms with E-state index in [0.717, 1.165) is 22.9 Å². The molecule has 0 atom stereocenters. The molecule has 0 aliphatic heterocycles. The van der Waals surface area contributed by atoms with Crippen LogP contribution in [0.2, 0.25) is 0 Å². The molecule has 35 heavy (non-hydrogen) atoms. The van der Waals surface area contributed by atoms with Gasteiger partial charge in [0.25, 0.3) is 5.91 Å². The third-order valence-corrected chi connectivity index (χ3v) is 5.50. The molecule has 0 saturated heterocycles. The molecule has 1 N–H and O–H groups in total. The third kappa shape index (κ3) is 5.39. The summed E-state index contributed by atoms with van der Waals surface area (Å²) in [7, 11) is 0. The summed E-state index contributed by atoms with van der Waals surface area (Å²) < 4.78 is 53.4. The van der Waals surface area contributed by atoms with E-state index in [1.54, 1.807) is 30.3 Å². The van der Waals surface area contributed by atoms with E-state index in [1.807, 2.05) is 30.3 Å². The molecule has 0 radical (unpaired) electrons. The van der Waals surface area contributed by atoms with Gasteiger partial charge in [0.1, 0.15) is 17.5 Å². The van der Waals surface area contributed by atoms with Gasteiger partial charge in [-0.15, -0.1) is 0 Å². The van der Waals surface area contributed by atoms with Crippen LogP contribution < -0.4 is 5.32 Å². The Kier molecular flexibility index (Phi) is 6.65. The summed E-state index contributed by atoms with van der Waals surface area (Å²) in [5.74, 6) is -1.23. The quantitative estimate of drug-likeness (QED) is 0.190. The van der Waals surface area contributed by atoms with E-state index in [1.165, 1.54) is 24.3 Å². The lowest BCUT2D eigenvalue weighted by atomic mass is 9.93. The second kappa shape index (κ2) is 9.82. The lowest BCUT2D eigenvalue weighted by Crippen LogP contribution is -2.14. The first-order chi connectivity index (χ1) is 16.8. The van der Waals surface area contributed by atoms with Crippen molar-refractivity contribution in [1.82, 2.24) is 0 Å². The van der Waals surface area contributed by atoms with Gasteiger partial charge >= 0.3 is 6.18 Å². The van der Waals surface area contributed by atoms with Gasteiger partial charge in [0.15, 0.2) is 0 Å². The van der Waals surface area contributed by atoms with Crippen LogP contribution in [-0.2, 0) is 17.4 Å². The molecule has 0 aliphatic carbocycles. The summed E-state index contributed by atoms with van der Waals surface area (Å²) in [4.78, 5) is 12.8. The molecule has 4 rings (SSSR count). The van der Waals surface area contributed by atoms with Crippen LogP contribution in [0.3, 0.4) is 0 Å². The first-order valence-electron chi connectivity index (χ1n) is 10.6. The number of nitriles is 1. The number of hydrogen-bond donors (Lipinski definition) is 1. The Morgan fingerprint density at radius 1 is 0.914 bits per heavy atom. The summed E-state index contributed by atoms with van der Waals surface area (Å²) in [6.45, 7) is 0. The Morgan fingerprint density at radius 2 is 1.66 bits per heavy atom. The predicted molar refractivity (Wildman–Crippen MR) is 127 cm³/mol. The minimum Gasteiger partial charge on any atom is -0.321 e. The fourth-order valence-corrected chi connectivity index (χ4v) is 3.78. The Hall–Kier alpha value is -4.44. The summed E-state index contributed by atoms with van der Waals surface area (Å²) in [5.41, 5.74) is 0.392. The number of alkyl halides is 3. The van der Waals surface area contributed by atoms with Crippen LogP contribution in [0.5, 0.6) is 0 Å². The highest BCUT2D eigenvalue weighted by Gasteiger charge is 2.30. The van der Waals surface area contributed by atoms with Crippen LogP contribution in [-0.4, -0.2) is 5.91 Å². The van der Waals surface area contributed by atoms with Gasteiger partial charge in [-0.1, -0.05) is 60.7 Å². The molecule has 7 heteroatoms. The van der Waals surface area contributed by atoms with Crippen LogP contribution in [0.15, 0.2) is 90.5 Å². The van der Waals surface area contributed by atoms with Crippen molar-refractivity contribution in [2.45, 2.75) is 12.6 Å². The highest BCUT2D eigenvalue weighted by Crippen LogP contribution is 2.31. The molecule has 4 aromatic carbocycles. The third-order valence-electron chi connectivity index (χ3n) is 5.50. The summed E-state index contributed by atoms with van der Waals surface area (Å²) in [6.07, 6.45) is -2.96. The van der Waals surface area contributed by atoms with Crippen molar-refractivity contribution in [2.24, 2.45) is 0 Å². The van der Waals surface area contributed by atoms with E-state index in [-0.39, 0.29) is 23.5 Å². The smallest absolute Gasteiger partial charge is 0.321 e. The molecule has 0 unspecified atom stereocenters. The Morgan fingerprint density at radius 3 is 2.40 bits per heavy atom. The monoisotopic (exact) mass is 474 g/mol. The zero-order chi connectivity index (χ0) is 25.0. The molecule has 1 amide bonds. The number of nitrogens with zero attached hydrogens (tertiary/aromatic N) is 1. The number of hydrogen-bond acceptors (Lipinski definition) is 2. The number of rotatable bonds is 5. The van der Waals surface area contributed by atoms with E-state index in [0.29, 0.717) is 16.7 Å². The van der Waals surface area contributed by atoms with E-state index in [4.69, 9.17) is 0 Å². The highest BCUT2D eigenvalue weighted by atomic mass is 19.4. The van der Waals surface area contributed by atoms with Gasteiger partial charge in [-0.25, -0.2) is 4.39 Å². The maximum absolute atomic E-state index is 14.3. The molecule has 0 bridgehead atoms. The molecule has 0 spiro atoms. The fourth-order valence-electron chi connectivity index (χ4n) is 3.78. The average molecular weight is 474 g/mol. The second-order valence-electron chi connectivity index (χ2n) is 7.83. The Labute approximate surface area is 198 Å². The molecule has 3 nitrogen and oxygen atoms in total. The van der Waals surface area contributed by atoms with Crippen LogP contribution in [0.1, 0.15) is 22.3 Å². The van der Waals surface area contributed by atoms with Gasteiger partial charge < -0.3 is 5.32 Å². The number of anilines is 1. The van der Waals surface area contributed by atoms with Crippen LogP contribution in [0.25, 0.3) is 16.8 Å². The predicted octanol–water partition coefficient (Wildman–Crippen LogP) is 7.13. The Balaban J connectivity index is 1.75. The number of fused-ring (bicyclic) bond motifs is 1. The number of amides is 1. The van der Waals surface area contributed by atoms with Crippen LogP contribution in [0.4, 0.5) is 23.2 Å². The zero-order valence-electron chi connectivity index (χ0n) is 18.2. The lowest BCUT2D eigenvalue weighted by Gasteiger charge is -2.12. The van der Waals surface area contributed by atoms with Gasteiger partial charge in [-0.2, -0.15) is 18.4 Å².